The minimum absolute atomic E-state index is 0.173. The Bertz CT molecular complexity index is 268. The number of carboxylic acids is 1. The van der Waals surface area contributed by atoms with Crippen LogP contribution in [0, 0.1) is 0 Å². The van der Waals surface area contributed by atoms with E-state index in [9.17, 15) is 9.59 Å². The van der Waals surface area contributed by atoms with Crippen molar-refractivity contribution in [3.63, 3.8) is 0 Å². The average Bonchev–Trinajstić information content (AvgIpc) is 2.25. The van der Waals surface area contributed by atoms with Crippen LogP contribution in [0.15, 0.2) is 12.7 Å². The van der Waals surface area contributed by atoms with Gasteiger partial charge in [0.1, 0.15) is 6.04 Å². The molecule has 0 heterocycles. The van der Waals surface area contributed by atoms with E-state index >= 15 is 0 Å². The number of hydrogen-bond donors (Lipinski definition) is 3. The maximum absolute atomic E-state index is 11.4. The first-order valence-electron chi connectivity index (χ1n) is 5.49. The molecule has 6 heteroatoms. The number of amides is 2. The molecule has 0 aromatic heterocycles. The number of carbonyl (C=O) groups is 2. The number of carbonyl (C=O) groups excluding carboxylic acids is 1. The Morgan fingerprint density at radius 1 is 1.47 bits per heavy atom. The highest BCUT2D eigenvalue weighted by molar-refractivity contribution is 5.82. The second kappa shape index (κ2) is 8.58. The summed E-state index contributed by atoms with van der Waals surface area (Å²) in [6, 6.07) is -1.65. The molecule has 0 rings (SSSR count). The van der Waals surface area contributed by atoms with Gasteiger partial charge < -0.3 is 20.5 Å². The van der Waals surface area contributed by atoms with Gasteiger partial charge in [0.2, 0.25) is 0 Å². The van der Waals surface area contributed by atoms with E-state index in [1.807, 2.05) is 6.92 Å². The zero-order chi connectivity index (χ0) is 13.3. The van der Waals surface area contributed by atoms with E-state index in [0.717, 1.165) is 0 Å². The molecule has 0 aliphatic rings. The van der Waals surface area contributed by atoms with Crippen molar-refractivity contribution in [1.29, 1.82) is 0 Å². The van der Waals surface area contributed by atoms with Crippen LogP contribution in [-0.2, 0) is 9.53 Å². The molecule has 98 valence electrons. The van der Waals surface area contributed by atoms with Crippen LogP contribution in [0.2, 0.25) is 0 Å². The molecule has 2 unspecified atom stereocenters. The normalized spacial score (nSPS) is 13.5. The molecular formula is C11H20N2O4. The maximum Gasteiger partial charge on any atom is 0.326 e. The first-order chi connectivity index (χ1) is 8.01. The fourth-order valence-electron chi connectivity index (χ4n) is 1.15. The molecule has 0 spiro atoms. The summed E-state index contributed by atoms with van der Waals surface area (Å²) in [5, 5.41) is 13.7. The number of ether oxygens (including phenoxy) is 1. The Hall–Kier alpha value is -1.56. The van der Waals surface area contributed by atoms with Gasteiger partial charge in [0.25, 0.3) is 0 Å². The number of hydrogen-bond acceptors (Lipinski definition) is 3. The molecule has 0 saturated carbocycles. The Labute approximate surface area is 101 Å². The van der Waals surface area contributed by atoms with Crippen LogP contribution in [0.3, 0.4) is 0 Å². The molecule has 0 aliphatic heterocycles. The lowest BCUT2D eigenvalue weighted by Crippen LogP contribution is -2.49. The molecule has 3 N–H and O–H groups in total. The Balaban J connectivity index is 4.04. The van der Waals surface area contributed by atoms with E-state index in [1.54, 1.807) is 6.92 Å². The molecule has 0 aliphatic carbocycles. The van der Waals surface area contributed by atoms with Crippen LogP contribution in [-0.4, -0.2) is 42.4 Å². The molecule has 0 fully saturated rings. The van der Waals surface area contributed by atoms with E-state index in [0.29, 0.717) is 13.2 Å². The van der Waals surface area contributed by atoms with Gasteiger partial charge in [0.15, 0.2) is 0 Å². The summed E-state index contributed by atoms with van der Waals surface area (Å²) in [7, 11) is 0. The number of urea groups is 1. The summed E-state index contributed by atoms with van der Waals surface area (Å²) in [6.45, 7) is 8.03. The van der Waals surface area contributed by atoms with Crippen molar-refractivity contribution in [1.82, 2.24) is 10.6 Å². The molecule has 6 nitrogen and oxygen atoms in total. The minimum Gasteiger partial charge on any atom is -0.480 e. The fraction of sp³-hybridized carbons (Fsp3) is 0.636. The van der Waals surface area contributed by atoms with E-state index in [1.165, 1.54) is 6.08 Å². The van der Waals surface area contributed by atoms with E-state index in [4.69, 9.17) is 9.84 Å². The maximum atomic E-state index is 11.4. The van der Waals surface area contributed by atoms with Gasteiger partial charge in [-0.2, -0.15) is 0 Å². The largest absolute Gasteiger partial charge is 0.480 e. The molecule has 0 bridgehead atoms. The van der Waals surface area contributed by atoms with Crippen molar-refractivity contribution in [3.8, 4) is 0 Å². The minimum atomic E-state index is -1.09. The number of nitrogens with one attached hydrogen (secondary N) is 2. The summed E-state index contributed by atoms with van der Waals surface area (Å²) in [5.74, 6) is -1.09. The third-order valence-electron chi connectivity index (χ3n) is 1.96. The second-order valence-corrected chi connectivity index (χ2v) is 3.59. The molecular weight excluding hydrogens is 224 g/mol. The average molecular weight is 244 g/mol. The summed E-state index contributed by atoms with van der Waals surface area (Å²) < 4.78 is 5.12. The van der Waals surface area contributed by atoms with Crippen molar-refractivity contribution in [3.05, 3.63) is 12.7 Å². The van der Waals surface area contributed by atoms with Gasteiger partial charge in [-0.1, -0.05) is 6.08 Å². The van der Waals surface area contributed by atoms with E-state index < -0.39 is 18.0 Å². The first-order valence-corrected chi connectivity index (χ1v) is 5.49. The highest BCUT2D eigenvalue weighted by Crippen LogP contribution is 1.93. The Morgan fingerprint density at radius 2 is 2.12 bits per heavy atom. The molecule has 0 aromatic rings. The summed E-state index contributed by atoms with van der Waals surface area (Å²) in [5.41, 5.74) is 0. The molecule has 0 aromatic carbocycles. The van der Waals surface area contributed by atoms with Gasteiger partial charge in [-0.05, 0) is 20.3 Å². The summed E-state index contributed by atoms with van der Waals surface area (Å²) >= 11 is 0. The van der Waals surface area contributed by atoms with Crippen molar-refractivity contribution >= 4 is 12.0 Å². The summed E-state index contributed by atoms with van der Waals surface area (Å²) in [6.07, 6.45) is 1.63. The highest BCUT2D eigenvalue weighted by atomic mass is 16.5. The monoisotopic (exact) mass is 244 g/mol. The van der Waals surface area contributed by atoms with Crippen molar-refractivity contribution in [2.75, 3.05) is 13.2 Å². The van der Waals surface area contributed by atoms with Gasteiger partial charge >= 0.3 is 12.0 Å². The van der Waals surface area contributed by atoms with Crippen LogP contribution in [0.25, 0.3) is 0 Å². The standard InChI is InChI=1S/C11H20N2O4/c1-4-6-9(10(14)15)13-11(16)12-8(3)7-17-5-2/h4,8-9H,1,5-7H2,2-3H3,(H,14,15)(H2,12,13,16). The van der Waals surface area contributed by atoms with E-state index in [-0.39, 0.29) is 12.5 Å². The second-order valence-electron chi connectivity index (χ2n) is 3.59. The van der Waals surface area contributed by atoms with Crippen molar-refractivity contribution in [2.24, 2.45) is 0 Å². The third kappa shape index (κ3) is 7.35. The predicted molar refractivity (Wildman–Crippen MR) is 63.9 cm³/mol. The van der Waals surface area contributed by atoms with Gasteiger partial charge in [-0.25, -0.2) is 9.59 Å². The number of aliphatic carboxylic acids is 1. The van der Waals surface area contributed by atoms with Gasteiger partial charge in [0, 0.05) is 6.61 Å². The Morgan fingerprint density at radius 3 is 2.59 bits per heavy atom. The lowest BCUT2D eigenvalue weighted by atomic mass is 10.2. The lowest BCUT2D eigenvalue weighted by molar-refractivity contribution is -0.139. The number of carboxylic acid groups (broad SMARTS) is 1. The SMILES string of the molecule is C=CCC(NC(=O)NC(C)COCC)C(=O)O. The quantitative estimate of drug-likeness (QED) is 0.549. The van der Waals surface area contributed by atoms with Crippen molar-refractivity contribution in [2.45, 2.75) is 32.4 Å². The molecule has 2 atom stereocenters. The molecule has 0 radical (unpaired) electrons. The van der Waals surface area contributed by atoms with E-state index in [2.05, 4.69) is 17.2 Å². The number of rotatable bonds is 8. The first kappa shape index (κ1) is 15.4. The van der Waals surface area contributed by atoms with Crippen LogP contribution in [0.1, 0.15) is 20.3 Å². The van der Waals surface area contributed by atoms with Gasteiger partial charge in [0.05, 0.1) is 12.6 Å². The van der Waals surface area contributed by atoms with Crippen LogP contribution in [0.4, 0.5) is 4.79 Å². The van der Waals surface area contributed by atoms with Crippen LogP contribution >= 0.6 is 0 Å². The molecule has 17 heavy (non-hydrogen) atoms. The lowest BCUT2D eigenvalue weighted by Gasteiger charge is -2.17. The Kier molecular flexibility index (Phi) is 7.79. The van der Waals surface area contributed by atoms with Gasteiger partial charge in [-0.15, -0.1) is 6.58 Å². The zero-order valence-electron chi connectivity index (χ0n) is 10.2. The van der Waals surface area contributed by atoms with Crippen LogP contribution < -0.4 is 10.6 Å². The highest BCUT2D eigenvalue weighted by Gasteiger charge is 2.18. The van der Waals surface area contributed by atoms with Crippen molar-refractivity contribution < 1.29 is 19.4 Å². The topological polar surface area (TPSA) is 87.7 Å². The third-order valence-corrected chi connectivity index (χ3v) is 1.96. The fourth-order valence-corrected chi connectivity index (χ4v) is 1.15. The van der Waals surface area contributed by atoms with Gasteiger partial charge in [-0.3, -0.25) is 0 Å². The molecule has 0 saturated heterocycles. The molecule has 2 amide bonds. The summed E-state index contributed by atoms with van der Waals surface area (Å²) in [4.78, 5) is 22.2. The zero-order valence-corrected chi connectivity index (χ0v) is 10.2. The smallest absolute Gasteiger partial charge is 0.326 e. The predicted octanol–water partition coefficient (Wildman–Crippen LogP) is 0.740. The van der Waals surface area contributed by atoms with Crippen LogP contribution in [0.5, 0.6) is 0 Å².